The van der Waals surface area contributed by atoms with Crippen LogP contribution in [0.4, 0.5) is 5.69 Å². The molecule has 0 aliphatic heterocycles. The molecule has 266 valence electrons. The summed E-state index contributed by atoms with van der Waals surface area (Å²) in [7, 11) is 0. The molecule has 8 aromatic carbocycles. The first kappa shape index (κ1) is 33.9. The molecule has 0 spiro atoms. The Hall–Kier alpha value is -8.68. The molecule has 0 aliphatic carbocycles. The van der Waals surface area contributed by atoms with E-state index in [4.69, 9.17) is 6.57 Å². The fraction of sp³-hybridized carbons (Fsp3) is 0. The summed E-state index contributed by atoms with van der Waals surface area (Å²) in [6.45, 7) is 7.40. The summed E-state index contributed by atoms with van der Waals surface area (Å²) in [5.41, 5.74) is 13.5. The molecular formula is C52H28N6. The average Bonchev–Trinajstić information content (AvgIpc) is 3.80. The van der Waals surface area contributed by atoms with Gasteiger partial charge in [-0.2, -0.15) is 15.8 Å². The van der Waals surface area contributed by atoms with Crippen LogP contribution in [0.2, 0.25) is 0 Å². The summed E-state index contributed by atoms with van der Waals surface area (Å²) in [6, 6.07) is 63.4. The van der Waals surface area contributed by atoms with Gasteiger partial charge in [0.15, 0.2) is 5.69 Å². The SMILES string of the molecule is [C-]#[N+]c1ccc(-c2ccc3c(c2)c2ccccc2n3-c2cc(C#N)cc(-n3c4ccccc4c4cc(-c5ccc(C#N)cc5)ccc43)c2-c2cccc(C#N)c2)cc1. The summed E-state index contributed by atoms with van der Waals surface area (Å²) in [6.07, 6.45) is 0. The minimum Gasteiger partial charge on any atom is -0.308 e. The molecule has 58 heavy (non-hydrogen) atoms. The fourth-order valence-corrected chi connectivity index (χ4v) is 8.36. The second-order valence-corrected chi connectivity index (χ2v) is 14.2. The number of hydrogen-bond donors (Lipinski definition) is 0. The van der Waals surface area contributed by atoms with Crippen LogP contribution in [0, 0.1) is 40.6 Å². The zero-order valence-corrected chi connectivity index (χ0v) is 30.8. The van der Waals surface area contributed by atoms with Gasteiger partial charge in [-0.3, -0.25) is 0 Å². The van der Waals surface area contributed by atoms with Crippen molar-refractivity contribution in [1.29, 1.82) is 15.8 Å². The Morgan fingerprint density at radius 2 is 0.862 bits per heavy atom. The van der Waals surface area contributed by atoms with Crippen molar-refractivity contribution < 1.29 is 0 Å². The summed E-state index contributed by atoms with van der Waals surface area (Å²) in [5, 5.41) is 34.5. The first-order chi connectivity index (χ1) is 28.6. The maximum atomic E-state index is 10.7. The lowest BCUT2D eigenvalue weighted by Gasteiger charge is -2.21. The number of nitriles is 3. The van der Waals surface area contributed by atoms with Crippen LogP contribution < -0.4 is 0 Å². The molecule has 0 saturated carbocycles. The Balaban J connectivity index is 1.30. The van der Waals surface area contributed by atoms with E-state index in [-0.39, 0.29) is 0 Å². The number of hydrogen-bond acceptors (Lipinski definition) is 3. The standard InChI is InChI=1S/C52H28N6/c1-56-41-21-17-37(18-22-41)39-20-24-49-45(29-39)43-10-3-5-12-47(43)58(49)51-27-35(32-55)26-50(52(51)40-8-6-7-34(25-40)31-54)57-46-11-4-2-9-42(46)44-28-38(19-23-48(44)57)36-15-13-33(30-53)14-16-36/h2-29H. The Labute approximate surface area is 334 Å². The highest BCUT2D eigenvalue weighted by Crippen LogP contribution is 2.44. The van der Waals surface area contributed by atoms with Crippen molar-refractivity contribution in [3.8, 4) is 63.0 Å². The van der Waals surface area contributed by atoms with Crippen molar-refractivity contribution in [3.63, 3.8) is 0 Å². The van der Waals surface area contributed by atoms with E-state index in [9.17, 15) is 15.8 Å². The lowest BCUT2D eigenvalue weighted by Crippen LogP contribution is -2.05. The maximum absolute atomic E-state index is 10.7. The minimum absolute atomic E-state index is 0.493. The molecule has 2 aromatic heterocycles. The van der Waals surface area contributed by atoms with Gasteiger partial charge < -0.3 is 9.13 Å². The predicted molar refractivity (Wildman–Crippen MR) is 232 cm³/mol. The van der Waals surface area contributed by atoms with Crippen LogP contribution in [0.25, 0.3) is 93.2 Å². The molecule has 0 N–H and O–H groups in total. The van der Waals surface area contributed by atoms with Gasteiger partial charge in [0.2, 0.25) is 0 Å². The molecule has 6 nitrogen and oxygen atoms in total. The molecular weight excluding hydrogens is 709 g/mol. The van der Waals surface area contributed by atoms with Crippen molar-refractivity contribution in [3.05, 3.63) is 198 Å². The van der Waals surface area contributed by atoms with Gasteiger partial charge in [-0.15, -0.1) is 0 Å². The average molecular weight is 737 g/mol. The molecule has 0 amide bonds. The van der Waals surface area contributed by atoms with Gasteiger partial charge in [-0.05, 0) is 101 Å². The highest BCUT2D eigenvalue weighted by Gasteiger charge is 2.24. The van der Waals surface area contributed by atoms with E-state index in [1.54, 1.807) is 0 Å². The van der Waals surface area contributed by atoms with Crippen LogP contribution in [-0.2, 0) is 0 Å². The van der Waals surface area contributed by atoms with Crippen LogP contribution in [-0.4, -0.2) is 9.13 Å². The topological polar surface area (TPSA) is 85.6 Å². The number of benzene rings is 8. The molecule has 0 atom stereocenters. The second kappa shape index (κ2) is 13.6. The molecule has 0 unspecified atom stereocenters. The molecule has 10 aromatic rings. The second-order valence-electron chi connectivity index (χ2n) is 14.2. The number of nitrogens with zero attached hydrogens (tertiary/aromatic N) is 6. The highest BCUT2D eigenvalue weighted by atomic mass is 15.0. The van der Waals surface area contributed by atoms with Gasteiger partial charge in [0.1, 0.15) is 0 Å². The molecule has 0 aliphatic rings. The number of rotatable bonds is 5. The molecule has 2 heterocycles. The van der Waals surface area contributed by atoms with Crippen LogP contribution in [0.3, 0.4) is 0 Å². The Morgan fingerprint density at radius 1 is 0.379 bits per heavy atom. The van der Waals surface area contributed by atoms with Crippen molar-refractivity contribution in [2.45, 2.75) is 0 Å². The van der Waals surface area contributed by atoms with Gasteiger partial charge in [-0.1, -0.05) is 97.1 Å². The minimum atomic E-state index is 0.493. The van der Waals surface area contributed by atoms with Gasteiger partial charge >= 0.3 is 0 Å². The van der Waals surface area contributed by atoms with Crippen molar-refractivity contribution >= 4 is 49.3 Å². The lowest BCUT2D eigenvalue weighted by atomic mass is 9.96. The van der Waals surface area contributed by atoms with E-state index in [0.29, 0.717) is 22.4 Å². The number of fused-ring (bicyclic) bond motifs is 6. The monoisotopic (exact) mass is 736 g/mol. The Bertz CT molecular complexity index is 3290. The molecule has 10 rings (SSSR count). The van der Waals surface area contributed by atoms with Crippen molar-refractivity contribution in [2.75, 3.05) is 0 Å². The zero-order chi connectivity index (χ0) is 39.3. The molecule has 0 fully saturated rings. The normalized spacial score (nSPS) is 11.0. The Kier molecular flexibility index (Phi) is 7.92. The Morgan fingerprint density at radius 3 is 1.38 bits per heavy atom. The molecule has 0 radical (unpaired) electrons. The third-order valence-corrected chi connectivity index (χ3v) is 11.0. The van der Waals surface area contributed by atoms with Crippen LogP contribution in [0.15, 0.2) is 170 Å². The van der Waals surface area contributed by atoms with Crippen LogP contribution >= 0.6 is 0 Å². The lowest BCUT2D eigenvalue weighted by molar-refractivity contribution is 1.13. The summed E-state index contributed by atoms with van der Waals surface area (Å²) in [4.78, 5) is 3.57. The largest absolute Gasteiger partial charge is 0.308 e. The summed E-state index contributed by atoms with van der Waals surface area (Å²) in [5.74, 6) is 0. The van der Waals surface area contributed by atoms with E-state index < -0.39 is 0 Å². The molecule has 6 heteroatoms. The smallest absolute Gasteiger partial charge is 0.187 e. The van der Waals surface area contributed by atoms with Gasteiger partial charge in [0, 0.05) is 27.1 Å². The quantitative estimate of drug-likeness (QED) is 0.165. The number of para-hydroxylation sites is 2. The third-order valence-electron chi connectivity index (χ3n) is 11.0. The zero-order valence-electron chi connectivity index (χ0n) is 30.8. The van der Waals surface area contributed by atoms with Gasteiger partial charge in [0.25, 0.3) is 0 Å². The van der Waals surface area contributed by atoms with Crippen LogP contribution in [0.1, 0.15) is 16.7 Å². The van der Waals surface area contributed by atoms with E-state index >= 15 is 0 Å². The van der Waals surface area contributed by atoms with E-state index in [0.717, 1.165) is 88.4 Å². The predicted octanol–water partition coefficient (Wildman–Crippen LogP) is 13.0. The molecule has 0 saturated heterocycles. The van der Waals surface area contributed by atoms with E-state index in [1.165, 1.54) is 0 Å². The first-order valence-corrected chi connectivity index (χ1v) is 18.7. The summed E-state index contributed by atoms with van der Waals surface area (Å²) < 4.78 is 4.48. The third kappa shape index (κ3) is 5.38. The fourth-order valence-electron chi connectivity index (χ4n) is 8.36. The van der Waals surface area contributed by atoms with E-state index in [2.05, 4.69) is 92.9 Å². The molecule has 0 bridgehead atoms. The van der Waals surface area contributed by atoms with E-state index in [1.807, 2.05) is 109 Å². The number of aromatic nitrogens is 2. The van der Waals surface area contributed by atoms with Crippen molar-refractivity contribution in [1.82, 2.24) is 9.13 Å². The highest BCUT2D eigenvalue weighted by molar-refractivity contribution is 6.13. The van der Waals surface area contributed by atoms with Crippen molar-refractivity contribution in [2.24, 2.45) is 0 Å². The van der Waals surface area contributed by atoms with Crippen LogP contribution in [0.5, 0.6) is 0 Å². The van der Waals surface area contributed by atoms with Gasteiger partial charge in [0.05, 0.1) is 74.9 Å². The van der Waals surface area contributed by atoms with Gasteiger partial charge in [-0.25, -0.2) is 4.85 Å². The summed E-state index contributed by atoms with van der Waals surface area (Å²) >= 11 is 0. The first-order valence-electron chi connectivity index (χ1n) is 18.7. The maximum Gasteiger partial charge on any atom is 0.187 e.